The third-order valence-electron chi connectivity index (χ3n) is 3.74. The second-order valence-corrected chi connectivity index (χ2v) is 5.28. The Morgan fingerprint density at radius 2 is 2.00 bits per heavy atom. The van der Waals surface area contributed by atoms with Crippen LogP contribution in [0.4, 0.5) is 10.2 Å². The Hall–Kier alpha value is -1.23. The topological polar surface area (TPSA) is 32.3 Å². The Kier molecular flexibility index (Phi) is 4.69. The van der Waals surface area contributed by atoms with Gasteiger partial charge in [-0.1, -0.05) is 6.92 Å². The summed E-state index contributed by atoms with van der Waals surface area (Å²) in [5.74, 6) is 0.223. The van der Waals surface area contributed by atoms with E-state index in [1.807, 2.05) is 6.92 Å². The van der Waals surface area contributed by atoms with Gasteiger partial charge in [0.05, 0.1) is 5.69 Å². The predicted molar refractivity (Wildman–Crippen MR) is 74.9 cm³/mol. The van der Waals surface area contributed by atoms with Crippen LogP contribution in [0, 0.1) is 5.82 Å². The molecule has 0 unspecified atom stereocenters. The predicted octanol–water partition coefficient (Wildman–Crippen LogP) is 2.10. The van der Waals surface area contributed by atoms with Crippen molar-refractivity contribution in [3.63, 3.8) is 0 Å². The van der Waals surface area contributed by atoms with Gasteiger partial charge in [-0.3, -0.25) is 4.90 Å². The van der Waals surface area contributed by atoms with E-state index in [4.69, 9.17) is 0 Å². The van der Waals surface area contributed by atoms with Gasteiger partial charge in [-0.2, -0.15) is 0 Å². The summed E-state index contributed by atoms with van der Waals surface area (Å²) in [6.45, 7) is 10.0. The summed E-state index contributed by atoms with van der Waals surface area (Å²) in [6, 6.07) is 0.543. The van der Waals surface area contributed by atoms with Crippen molar-refractivity contribution in [2.75, 3.05) is 31.1 Å². The number of halogens is 1. The lowest BCUT2D eigenvalue weighted by Crippen LogP contribution is -2.35. The molecule has 1 aromatic rings. The molecule has 0 N–H and O–H groups in total. The lowest BCUT2D eigenvalue weighted by atomic mass is 10.3. The summed E-state index contributed by atoms with van der Waals surface area (Å²) in [6.07, 6.45) is 3.12. The highest BCUT2D eigenvalue weighted by Crippen LogP contribution is 2.20. The molecule has 0 atom stereocenters. The number of rotatable bonds is 3. The van der Waals surface area contributed by atoms with Gasteiger partial charge in [-0.25, -0.2) is 14.4 Å². The number of aryl methyl sites for hydroxylation is 1. The van der Waals surface area contributed by atoms with Crippen molar-refractivity contribution in [2.45, 2.75) is 39.7 Å². The summed E-state index contributed by atoms with van der Waals surface area (Å²) in [4.78, 5) is 12.6. The molecule has 1 aliphatic rings. The fraction of sp³-hybridized carbons (Fsp3) is 0.714. The minimum atomic E-state index is -0.247. The van der Waals surface area contributed by atoms with Gasteiger partial charge in [0.25, 0.3) is 0 Å². The molecular weight excluding hydrogens is 243 g/mol. The molecule has 0 bridgehead atoms. The molecule has 4 nitrogen and oxygen atoms in total. The Labute approximate surface area is 114 Å². The van der Waals surface area contributed by atoms with E-state index in [9.17, 15) is 4.39 Å². The van der Waals surface area contributed by atoms with E-state index in [1.54, 1.807) is 0 Å². The van der Waals surface area contributed by atoms with Gasteiger partial charge in [-0.15, -0.1) is 0 Å². The standard InChI is InChI=1S/C14H23FN4/c1-4-12-13(15)14(17-10-16-12)19-7-5-6-18(8-9-19)11(2)3/h10-11H,4-9H2,1-3H3. The lowest BCUT2D eigenvalue weighted by Gasteiger charge is -2.25. The molecule has 0 radical (unpaired) electrons. The third kappa shape index (κ3) is 3.21. The maximum atomic E-state index is 14.3. The van der Waals surface area contributed by atoms with Crippen LogP contribution in [0.3, 0.4) is 0 Å². The molecule has 0 aliphatic carbocycles. The van der Waals surface area contributed by atoms with Gasteiger partial charge in [-0.05, 0) is 26.7 Å². The first-order valence-electron chi connectivity index (χ1n) is 7.11. The molecule has 5 heteroatoms. The van der Waals surface area contributed by atoms with Crippen LogP contribution in [0.15, 0.2) is 6.33 Å². The highest BCUT2D eigenvalue weighted by molar-refractivity contribution is 5.41. The number of nitrogens with zero attached hydrogens (tertiary/aromatic N) is 4. The highest BCUT2D eigenvalue weighted by atomic mass is 19.1. The Bertz CT molecular complexity index is 422. The first-order chi connectivity index (χ1) is 9.13. The molecule has 0 aromatic carbocycles. The van der Waals surface area contributed by atoms with Gasteiger partial charge in [0, 0.05) is 32.2 Å². The fourth-order valence-corrected chi connectivity index (χ4v) is 2.53. The van der Waals surface area contributed by atoms with Crippen molar-refractivity contribution in [3.05, 3.63) is 17.8 Å². The average Bonchev–Trinajstić information content (AvgIpc) is 2.65. The molecule has 2 rings (SSSR count). The van der Waals surface area contributed by atoms with Crippen molar-refractivity contribution in [3.8, 4) is 0 Å². The van der Waals surface area contributed by atoms with Crippen LogP contribution >= 0.6 is 0 Å². The summed E-state index contributed by atoms with van der Waals surface area (Å²) in [5.41, 5.74) is 0.509. The molecule has 0 spiro atoms. The molecule has 106 valence electrons. The monoisotopic (exact) mass is 266 g/mol. The molecule has 19 heavy (non-hydrogen) atoms. The molecule has 2 heterocycles. The van der Waals surface area contributed by atoms with Crippen LogP contribution in [0.2, 0.25) is 0 Å². The van der Waals surface area contributed by atoms with Crippen LogP contribution < -0.4 is 4.90 Å². The molecular formula is C14H23FN4. The minimum Gasteiger partial charge on any atom is -0.353 e. The van der Waals surface area contributed by atoms with Gasteiger partial charge < -0.3 is 4.90 Å². The smallest absolute Gasteiger partial charge is 0.187 e. The largest absolute Gasteiger partial charge is 0.353 e. The summed E-state index contributed by atoms with van der Waals surface area (Å²) >= 11 is 0. The normalized spacial score (nSPS) is 17.8. The van der Waals surface area contributed by atoms with Crippen LogP contribution in [-0.4, -0.2) is 47.1 Å². The third-order valence-corrected chi connectivity index (χ3v) is 3.74. The maximum absolute atomic E-state index is 14.3. The zero-order chi connectivity index (χ0) is 13.8. The lowest BCUT2D eigenvalue weighted by molar-refractivity contribution is 0.238. The van der Waals surface area contributed by atoms with E-state index in [0.29, 0.717) is 24.0 Å². The second-order valence-electron chi connectivity index (χ2n) is 5.28. The van der Waals surface area contributed by atoms with Gasteiger partial charge in [0.15, 0.2) is 11.6 Å². The summed E-state index contributed by atoms with van der Waals surface area (Å²) < 4.78 is 14.3. The van der Waals surface area contributed by atoms with Crippen LogP contribution in [-0.2, 0) is 6.42 Å². The van der Waals surface area contributed by atoms with Crippen molar-refractivity contribution in [1.29, 1.82) is 0 Å². The first-order valence-corrected chi connectivity index (χ1v) is 7.11. The van der Waals surface area contributed by atoms with Crippen LogP contribution in [0.25, 0.3) is 0 Å². The van der Waals surface area contributed by atoms with E-state index in [2.05, 4.69) is 33.6 Å². The van der Waals surface area contributed by atoms with E-state index in [-0.39, 0.29) is 5.82 Å². The van der Waals surface area contributed by atoms with Gasteiger partial charge in [0.2, 0.25) is 0 Å². The summed E-state index contributed by atoms with van der Waals surface area (Å²) in [5, 5.41) is 0. The Balaban J connectivity index is 2.14. The molecule has 1 fully saturated rings. The molecule has 0 amide bonds. The van der Waals surface area contributed by atoms with Crippen molar-refractivity contribution < 1.29 is 4.39 Å². The zero-order valence-electron chi connectivity index (χ0n) is 12.1. The van der Waals surface area contributed by atoms with Crippen LogP contribution in [0.5, 0.6) is 0 Å². The number of aromatic nitrogens is 2. The zero-order valence-corrected chi connectivity index (χ0v) is 12.1. The van der Waals surface area contributed by atoms with Crippen molar-refractivity contribution in [2.24, 2.45) is 0 Å². The summed E-state index contributed by atoms with van der Waals surface area (Å²) in [7, 11) is 0. The maximum Gasteiger partial charge on any atom is 0.187 e. The van der Waals surface area contributed by atoms with Crippen molar-refractivity contribution in [1.82, 2.24) is 14.9 Å². The number of hydrogen-bond donors (Lipinski definition) is 0. The average molecular weight is 266 g/mol. The van der Waals surface area contributed by atoms with Crippen LogP contribution in [0.1, 0.15) is 32.9 Å². The molecule has 1 aromatic heterocycles. The molecule has 0 saturated carbocycles. The van der Waals surface area contributed by atoms with E-state index < -0.39 is 0 Å². The van der Waals surface area contributed by atoms with Gasteiger partial charge >= 0.3 is 0 Å². The molecule has 1 aliphatic heterocycles. The fourth-order valence-electron chi connectivity index (χ4n) is 2.53. The van der Waals surface area contributed by atoms with E-state index in [1.165, 1.54) is 6.33 Å². The quantitative estimate of drug-likeness (QED) is 0.838. The number of anilines is 1. The first kappa shape index (κ1) is 14.2. The van der Waals surface area contributed by atoms with E-state index >= 15 is 0 Å². The minimum absolute atomic E-state index is 0.247. The Morgan fingerprint density at radius 3 is 2.68 bits per heavy atom. The second kappa shape index (κ2) is 6.28. The number of hydrogen-bond acceptors (Lipinski definition) is 4. The molecule has 1 saturated heterocycles. The van der Waals surface area contributed by atoms with E-state index in [0.717, 1.165) is 32.6 Å². The highest BCUT2D eigenvalue weighted by Gasteiger charge is 2.21. The Morgan fingerprint density at radius 1 is 1.21 bits per heavy atom. The van der Waals surface area contributed by atoms with Crippen molar-refractivity contribution >= 4 is 5.82 Å². The van der Waals surface area contributed by atoms with Gasteiger partial charge in [0.1, 0.15) is 6.33 Å². The SMILES string of the molecule is CCc1ncnc(N2CCCN(C(C)C)CC2)c1F.